The summed E-state index contributed by atoms with van der Waals surface area (Å²) in [5.41, 5.74) is 2.41. The Hall–Kier alpha value is -1.88. The van der Waals surface area contributed by atoms with Crippen LogP contribution in [0.25, 0.3) is 0 Å². The molecular formula is C15H20N2O3. The number of carbonyl (C=O) groups is 2. The molecule has 1 aliphatic heterocycles. The molecule has 1 aromatic rings. The number of aliphatic hydroxyl groups is 1. The van der Waals surface area contributed by atoms with Crippen LogP contribution in [0, 0.1) is 0 Å². The minimum Gasteiger partial charge on any atom is -0.393 e. The Morgan fingerprint density at radius 1 is 1.45 bits per heavy atom. The topological polar surface area (TPSA) is 69.6 Å². The molecular weight excluding hydrogens is 256 g/mol. The zero-order valence-electron chi connectivity index (χ0n) is 11.8. The Morgan fingerprint density at radius 2 is 2.20 bits per heavy atom. The van der Waals surface area contributed by atoms with E-state index in [-0.39, 0.29) is 11.8 Å². The molecule has 1 heterocycles. The maximum absolute atomic E-state index is 12.3. The monoisotopic (exact) mass is 276 g/mol. The molecule has 0 saturated carbocycles. The number of carbonyl (C=O) groups excluding carboxylic acids is 2. The van der Waals surface area contributed by atoms with Gasteiger partial charge < -0.3 is 15.3 Å². The van der Waals surface area contributed by atoms with Crippen molar-refractivity contribution in [2.24, 2.45) is 0 Å². The smallest absolute Gasteiger partial charge is 0.253 e. The van der Waals surface area contributed by atoms with Crippen molar-refractivity contribution in [3.05, 3.63) is 29.3 Å². The molecule has 0 aromatic heterocycles. The summed E-state index contributed by atoms with van der Waals surface area (Å²) in [6.07, 6.45) is 1.27. The van der Waals surface area contributed by atoms with E-state index in [0.29, 0.717) is 31.4 Å². The van der Waals surface area contributed by atoms with Crippen molar-refractivity contribution in [1.29, 1.82) is 0 Å². The third-order valence-corrected chi connectivity index (χ3v) is 3.48. The minimum atomic E-state index is -0.413. The fourth-order valence-corrected chi connectivity index (χ4v) is 2.22. The largest absolute Gasteiger partial charge is 0.393 e. The van der Waals surface area contributed by atoms with Crippen molar-refractivity contribution in [3.8, 4) is 0 Å². The number of nitrogens with zero attached hydrogens (tertiary/aromatic N) is 1. The number of hydrogen-bond acceptors (Lipinski definition) is 3. The number of fused-ring (bicyclic) bond motifs is 1. The van der Waals surface area contributed by atoms with Crippen LogP contribution in [0.5, 0.6) is 0 Å². The predicted octanol–water partition coefficient (Wildman–Crippen LogP) is 1.41. The van der Waals surface area contributed by atoms with Crippen LogP contribution >= 0.6 is 0 Å². The van der Waals surface area contributed by atoms with E-state index in [4.69, 9.17) is 0 Å². The van der Waals surface area contributed by atoms with Gasteiger partial charge in [-0.05, 0) is 43.5 Å². The Kier molecular flexibility index (Phi) is 4.39. The Balaban J connectivity index is 2.09. The molecule has 1 aliphatic rings. The normalized spacial score (nSPS) is 15.2. The Bertz CT molecular complexity index is 526. The second-order valence-corrected chi connectivity index (χ2v) is 5.28. The number of hydrogen-bond donors (Lipinski definition) is 2. The van der Waals surface area contributed by atoms with Crippen LogP contribution in [0.2, 0.25) is 0 Å². The van der Waals surface area contributed by atoms with Gasteiger partial charge in [-0.2, -0.15) is 0 Å². The molecule has 0 aliphatic carbocycles. The van der Waals surface area contributed by atoms with Gasteiger partial charge in [-0.25, -0.2) is 0 Å². The fourth-order valence-electron chi connectivity index (χ4n) is 2.22. The summed E-state index contributed by atoms with van der Waals surface area (Å²) in [5.74, 6) is -0.0454. The first kappa shape index (κ1) is 14.5. The second kappa shape index (κ2) is 6.05. The molecule has 2 rings (SSSR count). The highest BCUT2D eigenvalue weighted by atomic mass is 16.3. The van der Waals surface area contributed by atoms with Gasteiger partial charge in [-0.3, -0.25) is 9.59 Å². The van der Waals surface area contributed by atoms with Crippen LogP contribution in [0.1, 0.15) is 35.7 Å². The SMILES string of the molecule is CC(O)CCN(C)C(=O)c1ccc2c(c1)CCC(=O)N2. The zero-order chi connectivity index (χ0) is 14.7. The Morgan fingerprint density at radius 3 is 2.90 bits per heavy atom. The van der Waals surface area contributed by atoms with E-state index in [1.807, 2.05) is 6.07 Å². The van der Waals surface area contributed by atoms with Gasteiger partial charge in [0.1, 0.15) is 0 Å². The average Bonchev–Trinajstić information content (AvgIpc) is 2.43. The van der Waals surface area contributed by atoms with Crippen LogP contribution in [-0.4, -0.2) is 41.5 Å². The lowest BCUT2D eigenvalue weighted by Crippen LogP contribution is -2.29. The van der Waals surface area contributed by atoms with Crippen LogP contribution in [0.15, 0.2) is 18.2 Å². The van der Waals surface area contributed by atoms with E-state index in [1.54, 1.807) is 31.0 Å². The zero-order valence-corrected chi connectivity index (χ0v) is 11.8. The first-order chi connectivity index (χ1) is 9.47. The molecule has 1 aromatic carbocycles. The third-order valence-electron chi connectivity index (χ3n) is 3.48. The van der Waals surface area contributed by atoms with Crippen molar-refractivity contribution in [3.63, 3.8) is 0 Å². The molecule has 5 nitrogen and oxygen atoms in total. The third kappa shape index (κ3) is 3.36. The summed E-state index contributed by atoms with van der Waals surface area (Å²) >= 11 is 0. The number of rotatable bonds is 4. The summed E-state index contributed by atoms with van der Waals surface area (Å²) in [5, 5.41) is 12.1. The Labute approximate surface area is 118 Å². The molecule has 0 fully saturated rings. The van der Waals surface area contributed by atoms with E-state index < -0.39 is 6.10 Å². The van der Waals surface area contributed by atoms with Crippen LogP contribution in [0.3, 0.4) is 0 Å². The van der Waals surface area contributed by atoms with Gasteiger partial charge in [-0.15, -0.1) is 0 Å². The first-order valence-electron chi connectivity index (χ1n) is 6.83. The van der Waals surface area contributed by atoms with Crippen molar-refractivity contribution in [2.45, 2.75) is 32.3 Å². The van der Waals surface area contributed by atoms with E-state index >= 15 is 0 Å². The van der Waals surface area contributed by atoms with Gasteiger partial charge in [-0.1, -0.05) is 0 Å². The van der Waals surface area contributed by atoms with Gasteiger partial charge in [0, 0.05) is 31.3 Å². The van der Waals surface area contributed by atoms with Crippen LogP contribution in [-0.2, 0) is 11.2 Å². The summed E-state index contributed by atoms with van der Waals surface area (Å²) < 4.78 is 0. The molecule has 0 bridgehead atoms. The lowest BCUT2D eigenvalue weighted by Gasteiger charge is -2.21. The highest BCUT2D eigenvalue weighted by molar-refractivity contribution is 5.97. The summed E-state index contributed by atoms with van der Waals surface area (Å²) in [4.78, 5) is 25.2. The van der Waals surface area contributed by atoms with Gasteiger partial charge in [0.15, 0.2) is 0 Å². The number of nitrogens with one attached hydrogen (secondary N) is 1. The number of benzene rings is 1. The van der Waals surface area contributed by atoms with Crippen LogP contribution < -0.4 is 5.32 Å². The molecule has 1 atom stereocenters. The van der Waals surface area contributed by atoms with E-state index in [0.717, 1.165) is 11.3 Å². The molecule has 0 spiro atoms. The molecule has 2 N–H and O–H groups in total. The van der Waals surface area contributed by atoms with Crippen molar-refractivity contribution in [2.75, 3.05) is 18.9 Å². The molecule has 1 unspecified atom stereocenters. The second-order valence-electron chi connectivity index (χ2n) is 5.28. The van der Waals surface area contributed by atoms with Crippen molar-refractivity contribution < 1.29 is 14.7 Å². The molecule has 2 amide bonds. The summed E-state index contributed by atoms with van der Waals surface area (Å²) in [6.45, 7) is 2.23. The highest BCUT2D eigenvalue weighted by Crippen LogP contribution is 2.24. The number of anilines is 1. The molecule has 20 heavy (non-hydrogen) atoms. The summed E-state index contributed by atoms with van der Waals surface area (Å²) in [6, 6.07) is 5.35. The molecule has 108 valence electrons. The lowest BCUT2D eigenvalue weighted by atomic mass is 10.00. The van der Waals surface area contributed by atoms with Crippen molar-refractivity contribution in [1.82, 2.24) is 4.90 Å². The van der Waals surface area contributed by atoms with Gasteiger partial charge in [0.25, 0.3) is 5.91 Å². The average molecular weight is 276 g/mol. The molecule has 0 radical (unpaired) electrons. The number of aryl methyl sites for hydroxylation is 1. The maximum Gasteiger partial charge on any atom is 0.253 e. The lowest BCUT2D eigenvalue weighted by molar-refractivity contribution is -0.116. The quantitative estimate of drug-likeness (QED) is 0.873. The van der Waals surface area contributed by atoms with E-state index in [1.165, 1.54) is 0 Å². The fraction of sp³-hybridized carbons (Fsp3) is 0.467. The summed E-state index contributed by atoms with van der Waals surface area (Å²) in [7, 11) is 1.73. The standard InChI is InChI=1S/C15H20N2O3/c1-10(18)7-8-17(2)15(20)12-3-5-13-11(9-12)4-6-14(19)16-13/h3,5,9-10,18H,4,6-8H2,1-2H3,(H,16,19). The maximum atomic E-state index is 12.3. The molecule has 0 saturated heterocycles. The highest BCUT2D eigenvalue weighted by Gasteiger charge is 2.18. The van der Waals surface area contributed by atoms with Gasteiger partial charge in [0.05, 0.1) is 6.10 Å². The number of aliphatic hydroxyl groups excluding tert-OH is 1. The van der Waals surface area contributed by atoms with Gasteiger partial charge >= 0.3 is 0 Å². The van der Waals surface area contributed by atoms with E-state index in [9.17, 15) is 14.7 Å². The van der Waals surface area contributed by atoms with E-state index in [2.05, 4.69) is 5.32 Å². The van der Waals surface area contributed by atoms with Crippen LogP contribution in [0.4, 0.5) is 5.69 Å². The molecule has 5 heteroatoms. The predicted molar refractivity (Wildman–Crippen MR) is 76.7 cm³/mol. The van der Waals surface area contributed by atoms with Crippen molar-refractivity contribution >= 4 is 17.5 Å². The van der Waals surface area contributed by atoms with Gasteiger partial charge in [0.2, 0.25) is 5.91 Å². The first-order valence-corrected chi connectivity index (χ1v) is 6.83. The number of amides is 2. The minimum absolute atomic E-state index is 0.0191.